The zero-order valence-corrected chi connectivity index (χ0v) is 12.9. The highest BCUT2D eigenvalue weighted by molar-refractivity contribution is 7.89. The van der Waals surface area contributed by atoms with E-state index in [0.29, 0.717) is 48.0 Å². The van der Waals surface area contributed by atoms with E-state index >= 15 is 0 Å². The average Bonchev–Trinajstić information content (AvgIpc) is 2.99. The van der Waals surface area contributed by atoms with Gasteiger partial charge in [0.15, 0.2) is 0 Å². The van der Waals surface area contributed by atoms with Crippen molar-refractivity contribution in [2.75, 3.05) is 13.1 Å². The first-order valence-corrected chi connectivity index (χ1v) is 8.73. The van der Waals surface area contributed by atoms with Crippen molar-refractivity contribution in [3.63, 3.8) is 0 Å². The van der Waals surface area contributed by atoms with Crippen molar-refractivity contribution in [3.05, 3.63) is 17.6 Å². The number of aryl methyl sites for hydroxylation is 1. The molecule has 2 fully saturated rings. The van der Waals surface area contributed by atoms with Gasteiger partial charge in [-0.2, -0.15) is 4.31 Å². The molecule has 0 radical (unpaired) electrons. The van der Waals surface area contributed by atoms with Crippen molar-refractivity contribution in [3.8, 4) is 0 Å². The third-order valence-electron chi connectivity index (χ3n) is 4.07. The summed E-state index contributed by atoms with van der Waals surface area (Å²) in [5.41, 5.74) is 0. The fraction of sp³-hybridized carbons (Fsp3) is 0.714. The highest BCUT2D eigenvalue weighted by atomic mass is 32.2. The molecule has 0 spiro atoms. The molecule has 1 aliphatic heterocycles. The topological polar surface area (TPSA) is 62.6 Å². The number of hydrogen-bond acceptors (Lipinski definition) is 4. The Labute approximate surface area is 120 Å². The molecule has 1 unspecified atom stereocenters. The van der Waals surface area contributed by atoms with Crippen LogP contribution in [0.2, 0.25) is 0 Å². The lowest BCUT2D eigenvalue weighted by molar-refractivity contribution is 0.447. The minimum absolute atomic E-state index is 0.333. The fourth-order valence-electron chi connectivity index (χ4n) is 2.65. The monoisotopic (exact) mass is 298 g/mol. The maximum atomic E-state index is 12.6. The van der Waals surface area contributed by atoms with Crippen molar-refractivity contribution in [2.24, 2.45) is 5.92 Å². The summed E-state index contributed by atoms with van der Waals surface area (Å²) in [4.78, 5) is 0.333. The van der Waals surface area contributed by atoms with Gasteiger partial charge < -0.3 is 9.73 Å². The number of rotatable bonds is 5. The summed E-state index contributed by atoms with van der Waals surface area (Å²) in [6.45, 7) is 5.65. The predicted octanol–water partition coefficient (Wildman–Crippen LogP) is 1.87. The highest BCUT2D eigenvalue weighted by Gasteiger charge is 2.33. The van der Waals surface area contributed by atoms with Gasteiger partial charge in [0.2, 0.25) is 10.0 Å². The number of hydrogen-bond donors (Lipinski definition) is 1. The lowest BCUT2D eigenvalue weighted by Crippen LogP contribution is -2.28. The minimum atomic E-state index is -3.39. The van der Waals surface area contributed by atoms with Gasteiger partial charge in [0.1, 0.15) is 16.4 Å². The Morgan fingerprint density at radius 2 is 2.15 bits per heavy atom. The number of furan rings is 1. The second kappa shape index (κ2) is 5.16. The Morgan fingerprint density at radius 3 is 2.75 bits per heavy atom. The van der Waals surface area contributed by atoms with Crippen LogP contribution in [0.15, 0.2) is 15.4 Å². The van der Waals surface area contributed by atoms with Crippen LogP contribution in [-0.2, 0) is 16.6 Å². The second-order valence-electron chi connectivity index (χ2n) is 6.05. The first-order valence-electron chi connectivity index (χ1n) is 7.29. The summed E-state index contributed by atoms with van der Waals surface area (Å²) in [6, 6.07) is 2.27. The van der Waals surface area contributed by atoms with Gasteiger partial charge in [-0.25, -0.2) is 8.42 Å². The summed E-state index contributed by atoms with van der Waals surface area (Å²) in [5, 5.41) is 3.34. The molecular formula is C14H22N2O3S. The van der Waals surface area contributed by atoms with E-state index in [1.807, 2.05) is 0 Å². The summed E-state index contributed by atoms with van der Waals surface area (Å²) in [5.74, 6) is 1.64. The van der Waals surface area contributed by atoms with Crippen LogP contribution >= 0.6 is 0 Å². The van der Waals surface area contributed by atoms with Gasteiger partial charge >= 0.3 is 0 Å². The van der Waals surface area contributed by atoms with Crippen molar-refractivity contribution in [2.45, 2.75) is 50.6 Å². The first kappa shape index (κ1) is 14.1. The summed E-state index contributed by atoms with van der Waals surface area (Å²) < 4.78 is 32.4. The standard InChI is InChI=1S/C14H22N2O3S/c1-10-5-6-16(9-10)20(17,18)14-7-13(19-11(14)2)8-15-12-3-4-12/h7,10,12,15H,3-6,8-9H2,1-2H3. The van der Waals surface area contributed by atoms with Gasteiger partial charge in [-0.1, -0.05) is 6.92 Å². The quantitative estimate of drug-likeness (QED) is 0.901. The fourth-order valence-corrected chi connectivity index (χ4v) is 4.41. The predicted molar refractivity (Wildman–Crippen MR) is 75.8 cm³/mol. The lowest BCUT2D eigenvalue weighted by Gasteiger charge is -2.14. The zero-order valence-electron chi connectivity index (χ0n) is 12.1. The molecule has 1 saturated carbocycles. The molecule has 1 aromatic rings. The number of sulfonamides is 1. The molecule has 1 aliphatic carbocycles. The molecule has 1 atom stereocenters. The van der Waals surface area contributed by atoms with Gasteiger partial charge in [-0.05, 0) is 32.1 Å². The average molecular weight is 298 g/mol. The van der Waals surface area contributed by atoms with E-state index in [0.717, 1.165) is 6.42 Å². The molecule has 112 valence electrons. The van der Waals surface area contributed by atoms with Gasteiger partial charge in [0.25, 0.3) is 0 Å². The Hall–Kier alpha value is -0.850. The molecule has 6 heteroatoms. The maximum Gasteiger partial charge on any atom is 0.246 e. The Kier molecular flexibility index (Phi) is 3.64. The normalized spacial score (nSPS) is 24.4. The number of nitrogens with one attached hydrogen (secondary N) is 1. The molecule has 5 nitrogen and oxygen atoms in total. The van der Waals surface area contributed by atoms with Crippen LogP contribution in [0.1, 0.15) is 37.7 Å². The van der Waals surface area contributed by atoms with Gasteiger partial charge in [-0.3, -0.25) is 0 Å². The Bertz CT molecular complexity index is 590. The third-order valence-corrected chi connectivity index (χ3v) is 6.04. The Balaban J connectivity index is 1.77. The Morgan fingerprint density at radius 1 is 1.40 bits per heavy atom. The lowest BCUT2D eigenvalue weighted by atomic mass is 10.2. The van der Waals surface area contributed by atoms with E-state index in [-0.39, 0.29) is 0 Å². The van der Waals surface area contributed by atoms with Crippen LogP contribution in [0.25, 0.3) is 0 Å². The summed E-state index contributed by atoms with van der Waals surface area (Å²) >= 11 is 0. The molecule has 1 saturated heterocycles. The van der Waals surface area contributed by atoms with E-state index in [2.05, 4.69) is 12.2 Å². The summed E-state index contributed by atoms with van der Waals surface area (Å²) in [7, 11) is -3.39. The van der Waals surface area contributed by atoms with E-state index in [1.165, 1.54) is 12.8 Å². The van der Waals surface area contributed by atoms with E-state index in [9.17, 15) is 8.42 Å². The van der Waals surface area contributed by atoms with E-state index in [4.69, 9.17) is 4.42 Å². The molecule has 2 aliphatic rings. The van der Waals surface area contributed by atoms with Crippen molar-refractivity contribution in [1.29, 1.82) is 0 Å². The SMILES string of the molecule is Cc1oc(CNC2CC2)cc1S(=O)(=O)N1CCC(C)C1. The molecular weight excluding hydrogens is 276 g/mol. The van der Waals surface area contributed by atoms with Crippen LogP contribution in [0.3, 0.4) is 0 Å². The third kappa shape index (κ3) is 2.77. The highest BCUT2D eigenvalue weighted by Crippen LogP contribution is 2.28. The summed E-state index contributed by atoms with van der Waals surface area (Å²) in [6.07, 6.45) is 3.35. The van der Waals surface area contributed by atoms with Crippen LogP contribution in [0.4, 0.5) is 0 Å². The van der Waals surface area contributed by atoms with Crippen molar-refractivity contribution >= 4 is 10.0 Å². The molecule has 2 heterocycles. The van der Waals surface area contributed by atoms with Crippen molar-refractivity contribution in [1.82, 2.24) is 9.62 Å². The van der Waals surface area contributed by atoms with E-state index in [1.54, 1.807) is 17.3 Å². The zero-order chi connectivity index (χ0) is 14.3. The van der Waals surface area contributed by atoms with Gasteiger partial charge in [-0.15, -0.1) is 0 Å². The van der Waals surface area contributed by atoms with Gasteiger partial charge in [0.05, 0.1) is 6.54 Å². The molecule has 3 rings (SSSR count). The first-order chi connectivity index (χ1) is 9.46. The van der Waals surface area contributed by atoms with Crippen LogP contribution in [0, 0.1) is 12.8 Å². The van der Waals surface area contributed by atoms with Crippen LogP contribution in [-0.4, -0.2) is 31.9 Å². The molecule has 1 N–H and O–H groups in total. The molecule has 1 aromatic heterocycles. The molecule has 0 amide bonds. The van der Waals surface area contributed by atoms with Crippen molar-refractivity contribution < 1.29 is 12.8 Å². The minimum Gasteiger partial charge on any atom is -0.464 e. The molecule has 0 bridgehead atoms. The van der Waals surface area contributed by atoms with Gasteiger partial charge in [0, 0.05) is 25.2 Å². The smallest absolute Gasteiger partial charge is 0.246 e. The number of nitrogens with zero attached hydrogens (tertiary/aromatic N) is 1. The van der Waals surface area contributed by atoms with Crippen LogP contribution in [0.5, 0.6) is 0 Å². The molecule has 20 heavy (non-hydrogen) atoms. The second-order valence-corrected chi connectivity index (χ2v) is 7.95. The van der Waals surface area contributed by atoms with Crippen LogP contribution < -0.4 is 5.32 Å². The largest absolute Gasteiger partial charge is 0.464 e. The maximum absolute atomic E-state index is 12.6. The molecule has 0 aromatic carbocycles. The van der Waals surface area contributed by atoms with E-state index < -0.39 is 10.0 Å².